The molecule has 0 aromatic heterocycles. The first kappa shape index (κ1) is 15.5. The van der Waals surface area contributed by atoms with Crippen molar-refractivity contribution in [3.63, 3.8) is 0 Å². The lowest BCUT2D eigenvalue weighted by atomic mass is 9.97. The molecule has 0 spiro atoms. The molecule has 3 heteroatoms. The second kappa shape index (κ2) is 7.11. The fraction of sp³-hybridized carbons (Fsp3) is 0.933. The van der Waals surface area contributed by atoms with Crippen LogP contribution in [0.15, 0.2) is 0 Å². The summed E-state index contributed by atoms with van der Waals surface area (Å²) in [5.74, 6) is 0.834. The Labute approximate surface area is 113 Å². The minimum absolute atomic E-state index is 0.343. The van der Waals surface area contributed by atoms with E-state index in [4.69, 9.17) is 0 Å². The Morgan fingerprint density at radius 3 is 2.67 bits per heavy atom. The normalized spacial score (nSPS) is 27.9. The number of likely N-dealkylation sites (tertiary alicyclic amines) is 1. The lowest BCUT2D eigenvalue weighted by Gasteiger charge is -2.26. The number of hydrogen-bond donors (Lipinski definition) is 1. The van der Waals surface area contributed by atoms with Gasteiger partial charge in [0.2, 0.25) is 0 Å². The third-order valence-corrected chi connectivity index (χ3v) is 4.05. The van der Waals surface area contributed by atoms with Gasteiger partial charge in [0.25, 0.3) is 0 Å². The van der Waals surface area contributed by atoms with Gasteiger partial charge >= 0.3 is 0 Å². The van der Waals surface area contributed by atoms with Gasteiger partial charge in [-0.2, -0.15) is 5.26 Å². The Bertz CT molecular complexity index is 284. The van der Waals surface area contributed by atoms with Crippen molar-refractivity contribution in [3.05, 3.63) is 0 Å². The molecule has 1 fully saturated rings. The zero-order valence-electron chi connectivity index (χ0n) is 12.5. The van der Waals surface area contributed by atoms with E-state index in [0.29, 0.717) is 0 Å². The van der Waals surface area contributed by atoms with Gasteiger partial charge < -0.3 is 4.90 Å². The van der Waals surface area contributed by atoms with E-state index < -0.39 is 0 Å². The van der Waals surface area contributed by atoms with Crippen LogP contribution >= 0.6 is 0 Å². The van der Waals surface area contributed by atoms with Crippen LogP contribution in [0, 0.1) is 17.2 Å². The van der Waals surface area contributed by atoms with Crippen molar-refractivity contribution in [2.45, 2.75) is 65.0 Å². The lowest BCUT2D eigenvalue weighted by Crippen LogP contribution is -2.42. The summed E-state index contributed by atoms with van der Waals surface area (Å²) in [6.45, 7) is 12.1. The lowest BCUT2D eigenvalue weighted by molar-refractivity contribution is 0.249. The summed E-state index contributed by atoms with van der Waals surface area (Å²) in [4.78, 5) is 2.57. The van der Waals surface area contributed by atoms with Crippen LogP contribution in [0.3, 0.4) is 0 Å². The molecule has 3 nitrogen and oxygen atoms in total. The molecular formula is C15H29N3. The van der Waals surface area contributed by atoms with Gasteiger partial charge in [-0.15, -0.1) is 0 Å². The molecule has 104 valence electrons. The largest absolute Gasteiger partial charge is 0.300 e. The van der Waals surface area contributed by atoms with E-state index in [1.807, 2.05) is 6.92 Å². The highest BCUT2D eigenvalue weighted by Crippen LogP contribution is 2.23. The molecule has 1 aliphatic heterocycles. The highest BCUT2D eigenvalue weighted by Gasteiger charge is 2.27. The molecule has 0 aliphatic carbocycles. The number of rotatable bonds is 7. The van der Waals surface area contributed by atoms with E-state index >= 15 is 0 Å². The topological polar surface area (TPSA) is 39.1 Å². The van der Waals surface area contributed by atoms with E-state index in [2.05, 4.69) is 37.1 Å². The molecule has 0 bridgehead atoms. The van der Waals surface area contributed by atoms with Crippen molar-refractivity contribution in [1.82, 2.24) is 10.2 Å². The van der Waals surface area contributed by atoms with Gasteiger partial charge in [0.1, 0.15) is 5.54 Å². The van der Waals surface area contributed by atoms with Crippen LogP contribution in [0.1, 0.15) is 53.4 Å². The van der Waals surface area contributed by atoms with Crippen LogP contribution in [0.4, 0.5) is 0 Å². The van der Waals surface area contributed by atoms with Crippen LogP contribution in [0.5, 0.6) is 0 Å². The summed E-state index contributed by atoms with van der Waals surface area (Å²) in [7, 11) is 0. The molecule has 1 aliphatic rings. The molecule has 3 unspecified atom stereocenters. The van der Waals surface area contributed by atoms with Crippen molar-refractivity contribution in [1.29, 1.82) is 5.26 Å². The molecule has 1 N–H and O–H groups in total. The highest BCUT2D eigenvalue weighted by atomic mass is 15.2. The first-order chi connectivity index (χ1) is 8.50. The van der Waals surface area contributed by atoms with Crippen molar-refractivity contribution in [2.75, 3.05) is 19.6 Å². The second-order valence-electron chi connectivity index (χ2n) is 6.16. The standard InChI is InChI=1S/C15H29N3/c1-5-8-17-15(4,12-16)7-6-9-18-11-13(2)10-14(18)3/h13-14,17H,5-11H2,1-4H3. The quantitative estimate of drug-likeness (QED) is 0.756. The average Bonchev–Trinajstić information content (AvgIpc) is 2.65. The Kier molecular flexibility index (Phi) is 6.11. The number of nitriles is 1. The maximum absolute atomic E-state index is 9.27. The fourth-order valence-electron chi connectivity index (χ4n) is 2.92. The Hall–Kier alpha value is -0.590. The van der Waals surface area contributed by atoms with Gasteiger partial charge in [-0.3, -0.25) is 5.32 Å². The fourth-order valence-corrected chi connectivity index (χ4v) is 2.92. The highest BCUT2D eigenvalue weighted by molar-refractivity contribution is 5.03. The molecule has 0 aromatic carbocycles. The molecule has 0 aromatic rings. The number of hydrogen-bond acceptors (Lipinski definition) is 3. The van der Waals surface area contributed by atoms with Crippen molar-refractivity contribution in [3.8, 4) is 6.07 Å². The Morgan fingerprint density at radius 2 is 2.17 bits per heavy atom. The van der Waals surface area contributed by atoms with Crippen molar-refractivity contribution < 1.29 is 0 Å². The van der Waals surface area contributed by atoms with Gasteiger partial charge in [0.15, 0.2) is 0 Å². The molecule has 1 saturated heterocycles. The van der Waals surface area contributed by atoms with Gasteiger partial charge in [-0.1, -0.05) is 13.8 Å². The molecule has 3 atom stereocenters. The van der Waals surface area contributed by atoms with E-state index in [0.717, 1.165) is 44.3 Å². The maximum atomic E-state index is 9.27. The zero-order valence-corrected chi connectivity index (χ0v) is 12.5. The summed E-state index contributed by atoms with van der Waals surface area (Å²) in [5, 5.41) is 12.6. The number of nitrogens with one attached hydrogen (secondary N) is 1. The summed E-state index contributed by atoms with van der Waals surface area (Å²) >= 11 is 0. The molecule has 1 heterocycles. The predicted molar refractivity (Wildman–Crippen MR) is 76.4 cm³/mol. The zero-order chi connectivity index (χ0) is 13.6. The van der Waals surface area contributed by atoms with Gasteiger partial charge in [0, 0.05) is 12.6 Å². The van der Waals surface area contributed by atoms with Gasteiger partial charge in [-0.25, -0.2) is 0 Å². The molecule has 18 heavy (non-hydrogen) atoms. The van der Waals surface area contributed by atoms with E-state index in [-0.39, 0.29) is 5.54 Å². The van der Waals surface area contributed by atoms with Gasteiger partial charge in [-0.05, 0) is 58.5 Å². The Morgan fingerprint density at radius 1 is 1.44 bits per heavy atom. The van der Waals surface area contributed by atoms with Crippen molar-refractivity contribution in [2.24, 2.45) is 5.92 Å². The third kappa shape index (κ3) is 4.59. The molecule has 1 rings (SSSR count). The first-order valence-corrected chi connectivity index (χ1v) is 7.41. The van der Waals surface area contributed by atoms with Gasteiger partial charge in [0.05, 0.1) is 6.07 Å². The van der Waals surface area contributed by atoms with Crippen LogP contribution in [0.25, 0.3) is 0 Å². The summed E-state index contributed by atoms with van der Waals surface area (Å²) < 4.78 is 0. The smallest absolute Gasteiger partial charge is 0.103 e. The minimum atomic E-state index is -0.343. The second-order valence-corrected chi connectivity index (χ2v) is 6.16. The minimum Gasteiger partial charge on any atom is -0.300 e. The monoisotopic (exact) mass is 251 g/mol. The van der Waals surface area contributed by atoms with Crippen LogP contribution < -0.4 is 5.32 Å². The predicted octanol–water partition coefficient (Wildman–Crippen LogP) is 2.78. The average molecular weight is 251 g/mol. The molecule has 0 saturated carbocycles. The molecule has 0 radical (unpaired) electrons. The van der Waals surface area contributed by atoms with Crippen LogP contribution in [-0.4, -0.2) is 36.1 Å². The number of nitrogens with zero attached hydrogens (tertiary/aromatic N) is 2. The summed E-state index contributed by atoms with van der Waals surface area (Å²) in [5.41, 5.74) is -0.343. The first-order valence-electron chi connectivity index (χ1n) is 7.41. The Balaban J connectivity index is 2.29. The van der Waals surface area contributed by atoms with E-state index in [1.54, 1.807) is 0 Å². The van der Waals surface area contributed by atoms with Crippen LogP contribution in [-0.2, 0) is 0 Å². The molecular weight excluding hydrogens is 222 g/mol. The third-order valence-electron chi connectivity index (χ3n) is 4.05. The molecule has 0 amide bonds. The van der Waals surface area contributed by atoms with Crippen molar-refractivity contribution >= 4 is 0 Å². The van der Waals surface area contributed by atoms with E-state index in [1.165, 1.54) is 13.0 Å². The summed E-state index contributed by atoms with van der Waals surface area (Å²) in [6, 6.07) is 3.15. The van der Waals surface area contributed by atoms with Crippen LogP contribution in [0.2, 0.25) is 0 Å². The van der Waals surface area contributed by atoms with E-state index in [9.17, 15) is 5.26 Å². The maximum Gasteiger partial charge on any atom is 0.103 e. The summed E-state index contributed by atoms with van der Waals surface area (Å²) in [6.07, 6.45) is 4.46. The SMILES string of the molecule is CCCNC(C)(C#N)CCCN1CC(C)CC1C.